The molecule has 2 heterocycles. The number of hydrogen-bond donors (Lipinski definition) is 2. The van der Waals surface area contributed by atoms with Crippen LogP contribution < -0.4 is 5.73 Å². The van der Waals surface area contributed by atoms with E-state index in [-0.39, 0.29) is 17.2 Å². The van der Waals surface area contributed by atoms with Gasteiger partial charge in [0.2, 0.25) is 11.7 Å². The summed E-state index contributed by atoms with van der Waals surface area (Å²) in [5.74, 6) is -1.16. The first kappa shape index (κ1) is 14.8. The van der Waals surface area contributed by atoms with Gasteiger partial charge in [-0.1, -0.05) is 23.4 Å². The normalized spacial score (nSPS) is 12.3. The summed E-state index contributed by atoms with van der Waals surface area (Å²) < 4.78 is 9.93. The van der Waals surface area contributed by atoms with Crippen LogP contribution in [0.15, 0.2) is 35.0 Å². The highest BCUT2D eigenvalue weighted by Gasteiger charge is 2.26. The summed E-state index contributed by atoms with van der Waals surface area (Å²) in [5.41, 5.74) is 7.22. The number of nitrogens with one attached hydrogen (secondary N) is 1. The number of H-pyrrole nitrogens is 1. The number of ketones is 1. The molecule has 0 radical (unpaired) electrons. The summed E-state index contributed by atoms with van der Waals surface area (Å²) in [4.78, 5) is 27.7. The molecule has 0 fully saturated rings. The fourth-order valence-corrected chi connectivity index (χ4v) is 2.40. The number of fused-ring (bicyclic) bond motifs is 1. The van der Waals surface area contributed by atoms with E-state index >= 15 is 0 Å². The topological polar surface area (TPSA) is 111 Å². The maximum Gasteiger partial charge on any atom is 0.346 e. The predicted octanol–water partition coefficient (Wildman–Crippen LogP) is 2.47. The molecular weight excluding hydrogens is 298 g/mol. The minimum atomic E-state index is -0.963. The number of carbonyl (C=O) groups excluding carboxylic acids is 2. The van der Waals surface area contributed by atoms with Crippen molar-refractivity contribution in [1.82, 2.24) is 10.1 Å². The second kappa shape index (κ2) is 5.60. The Morgan fingerprint density at radius 3 is 2.78 bits per heavy atom. The number of aromatic nitrogens is 2. The van der Waals surface area contributed by atoms with Crippen LogP contribution in [0.3, 0.4) is 0 Å². The Hall–Kier alpha value is -3.09. The molecule has 3 rings (SSSR count). The van der Waals surface area contributed by atoms with Gasteiger partial charge in [-0.15, -0.1) is 0 Å². The van der Waals surface area contributed by atoms with E-state index in [9.17, 15) is 9.59 Å². The Bertz CT molecular complexity index is 874. The standard InChI is InChI=1S/C16H15N3O4/c1-8-13(15(17)23-19-8)16(21)22-9(2)14(20)11-7-18-12-6-4-3-5-10(11)12/h3-7,9,18H,17H2,1-2H3/t9-/m1/s1. The van der Waals surface area contributed by atoms with E-state index in [2.05, 4.69) is 10.1 Å². The lowest BCUT2D eigenvalue weighted by molar-refractivity contribution is 0.0319. The van der Waals surface area contributed by atoms with E-state index in [4.69, 9.17) is 15.0 Å². The molecule has 0 saturated heterocycles. The third-order valence-electron chi connectivity index (χ3n) is 3.60. The van der Waals surface area contributed by atoms with Crippen LogP contribution in [0.2, 0.25) is 0 Å². The molecule has 0 aliphatic carbocycles. The van der Waals surface area contributed by atoms with Crippen LogP contribution in [-0.2, 0) is 4.74 Å². The number of anilines is 1. The van der Waals surface area contributed by atoms with E-state index in [1.165, 1.54) is 6.92 Å². The maximum absolute atomic E-state index is 12.5. The number of aromatic amines is 1. The summed E-state index contributed by atoms with van der Waals surface area (Å²) in [6, 6.07) is 7.40. The van der Waals surface area contributed by atoms with Gasteiger partial charge < -0.3 is 20.0 Å². The first-order valence-corrected chi connectivity index (χ1v) is 7.02. The predicted molar refractivity (Wildman–Crippen MR) is 83.2 cm³/mol. The van der Waals surface area contributed by atoms with Crippen LogP contribution in [0.25, 0.3) is 10.9 Å². The highest BCUT2D eigenvalue weighted by atomic mass is 16.5. The zero-order valence-corrected chi connectivity index (χ0v) is 12.6. The number of rotatable bonds is 4. The molecule has 0 amide bonds. The number of ether oxygens (including phenoxy) is 1. The van der Waals surface area contributed by atoms with Gasteiger partial charge in [0.1, 0.15) is 5.56 Å². The van der Waals surface area contributed by atoms with Crippen molar-refractivity contribution in [2.75, 3.05) is 5.73 Å². The second-order valence-corrected chi connectivity index (χ2v) is 5.17. The third-order valence-corrected chi connectivity index (χ3v) is 3.60. The molecular formula is C16H15N3O4. The number of benzene rings is 1. The molecule has 0 spiro atoms. The first-order valence-electron chi connectivity index (χ1n) is 7.02. The van der Waals surface area contributed by atoms with Crippen molar-refractivity contribution in [2.45, 2.75) is 20.0 Å². The Morgan fingerprint density at radius 1 is 1.35 bits per heavy atom. The third kappa shape index (κ3) is 2.57. The largest absolute Gasteiger partial charge is 0.450 e. The van der Waals surface area contributed by atoms with Crippen LogP contribution in [0.5, 0.6) is 0 Å². The Labute approximate surface area is 131 Å². The summed E-state index contributed by atoms with van der Waals surface area (Å²) in [7, 11) is 0. The number of nitrogen functional groups attached to an aromatic ring is 1. The van der Waals surface area contributed by atoms with Gasteiger partial charge in [0.25, 0.3) is 0 Å². The number of Topliss-reactive ketones (excluding diaryl/α,β-unsaturated/α-hetero) is 1. The van der Waals surface area contributed by atoms with E-state index in [0.717, 1.165) is 10.9 Å². The molecule has 7 nitrogen and oxygen atoms in total. The van der Waals surface area contributed by atoms with Gasteiger partial charge in [0, 0.05) is 22.7 Å². The second-order valence-electron chi connectivity index (χ2n) is 5.17. The number of para-hydroxylation sites is 1. The quantitative estimate of drug-likeness (QED) is 0.565. The average Bonchev–Trinajstić information content (AvgIpc) is 3.10. The monoisotopic (exact) mass is 313 g/mol. The number of nitrogens with zero attached hydrogens (tertiary/aromatic N) is 1. The van der Waals surface area contributed by atoms with Crippen LogP contribution in [0, 0.1) is 6.92 Å². The zero-order valence-electron chi connectivity index (χ0n) is 12.6. The highest BCUT2D eigenvalue weighted by molar-refractivity contribution is 6.10. The molecule has 0 aliphatic heterocycles. The van der Waals surface area contributed by atoms with Crippen LogP contribution >= 0.6 is 0 Å². The van der Waals surface area contributed by atoms with Crippen molar-refractivity contribution in [1.29, 1.82) is 0 Å². The molecule has 1 atom stereocenters. The lowest BCUT2D eigenvalue weighted by atomic mass is 10.1. The van der Waals surface area contributed by atoms with E-state index in [0.29, 0.717) is 11.3 Å². The zero-order chi connectivity index (χ0) is 16.6. The number of esters is 1. The molecule has 0 aliphatic rings. The Balaban J connectivity index is 1.82. The summed E-state index contributed by atoms with van der Waals surface area (Å²) in [5, 5.41) is 4.37. The number of hydrogen-bond acceptors (Lipinski definition) is 6. The highest BCUT2D eigenvalue weighted by Crippen LogP contribution is 2.22. The fraction of sp³-hybridized carbons (Fsp3) is 0.188. The molecule has 3 N–H and O–H groups in total. The van der Waals surface area contributed by atoms with E-state index in [1.807, 2.05) is 24.3 Å². The summed E-state index contributed by atoms with van der Waals surface area (Å²) in [6.07, 6.45) is 0.645. The van der Waals surface area contributed by atoms with Crippen molar-refractivity contribution >= 4 is 28.5 Å². The van der Waals surface area contributed by atoms with Crippen molar-refractivity contribution in [3.05, 3.63) is 47.3 Å². The first-order chi connectivity index (χ1) is 11.0. The van der Waals surface area contributed by atoms with Gasteiger partial charge in [-0.25, -0.2) is 4.79 Å². The van der Waals surface area contributed by atoms with Gasteiger partial charge in [0.05, 0.1) is 5.69 Å². The molecule has 1 aromatic carbocycles. The van der Waals surface area contributed by atoms with Crippen molar-refractivity contribution in [2.24, 2.45) is 0 Å². The Kier molecular flexibility index (Phi) is 3.61. The molecule has 0 bridgehead atoms. The van der Waals surface area contributed by atoms with Gasteiger partial charge in [0.15, 0.2) is 6.10 Å². The smallest absolute Gasteiger partial charge is 0.346 e. The number of carbonyl (C=O) groups is 2. The van der Waals surface area contributed by atoms with Crippen LogP contribution in [-0.4, -0.2) is 28.0 Å². The molecule has 7 heteroatoms. The molecule has 2 aromatic heterocycles. The van der Waals surface area contributed by atoms with Crippen LogP contribution in [0.1, 0.15) is 33.3 Å². The minimum Gasteiger partial charge on any atom is -0.450 e. The van der Waals surface area contributed by atoms with Gasteiger partial charge >= 0.3 is 5.97 Å². The summed E-state index contributed by atoms with van der Waals surface area (Å²) in [6.45, 7) is 3.09. The van der Waals surface area contributed by atoms with E-state index in [1.54, 1.807) is 13.1 Å². The number of aryl methyl sites for hydroxylation is 1. The van der Waals surface area contributed by atoms with Gasteiger partial charge in [-0.2, -0.15) is 0 Å². The lowest BCUT2D eigenvalue weighted by Crippen LogP contribution is -2.24. The number of nitrogens with two attached hydrogens (primary N) is 1. The van der Waals surface area contributed by atoms with Crippen molar-refractivity contribution in [3.8, 4) is 0 Å². The van der Waals surface area contributed by atoms with Gasteiger partial charge in [-0.3, -0.25) is 4.79 Å². The Morgan fingerprint density at radius 2 is 2.09 bits per heavy atom. The van der Waals surface area contributed by atoms with Crippen molar-refractivity contribution in [3.63, 3.8) is 0 Å². The molecule has 3 aromatic rings. The minimum absolute atomic E-state index is 0.0450. The average molecular weight is 313 g/mol. The maximum atomic E-state index is 12.5. The molecule has 0 unspecified atom stereocenters. The molecule has 23 heavy (non-hydrogen) atoms. The molecule has 118 valence electrons. The molecule has 0 saturated carbocycles. The summed E-state index contributed by atoms with van der Waals surface area (Å²) >= 11 is 0. The SMILES string of the molecule is Cc1noc(N)c1C(=O)O[C@H](C)C(=O)c1c[nH]c2ccccc12. The van der Waals surface area contributed by atoms with Crippen LogP contribution in [0.4, 0.5) is 5.88 Å². The fourth-order valence-electron chi connectivity index (χ4n) is 2.40. The van der Waals surface area contributed by atoms with Gasteiger partial charge in [-0.05, 0) is 19.9 Å². The van der Waals surface area contributed by atoms with E-state index < -0.39 is 12.1 Å². The lowest BCUT2D eigenvalue weighted by Gasteiger charge is -2.11. The van der Waals surface area contributed by atoms with Crippen molar-refractivity contribution < 1.29 is 18.8 Å².